The number of nitrogens with one attached hydrogen (secondary N) is 1. The van der Waals surface area contributed by atoms with Gasteiger partial charge in [-0.25, -0.2) is 5.43 Å². The molecule has 0 aliphatic rings. The van der Waals surface area contributed by atoms with Crippen LogP contribution >= 0.6 is 0 Å². The lowest BCUT2D eigenvalue weighted by Crippen LogP contribution is -2.24. The number of ether oxygens (including phenoxy) is 1. The highest BCUT2D eigenvalue weighted by Gasteiger charge is 2.16. The van der Waals surface area contributed by atoms with Gasteiger partial charge >= 0.3 is 0 Å². The number of nitro benzene ring substituents is 1. The van der Waals surface area contributed by atoms with E-state index in [0.29, 0.717) is 11.0 Å². The van der Waals surface area contributed by atoms with Crippen molar-refractivity contribution in [1.82, 2.24) is 20.4 Å². The van der Waals surface area contributed by atoms with Crippen LogP contribution in [0.3, 0.4) is 0 Å². The first kappa shape index (κ1) is 17.8. The number of nitrogens with zero attached hydrogens (tertiary/aromatic N) is 5. The van der Waals surface area contributed by atoms with Crippen molar-refractivity contribution in [2.24, 2.45) is 5.10 Å². The number of aromatic hydroxyl groups is 1. The second kappa shape index (κ2) is 7.47. The number of non-ortho nitro benzene ring substituents is 1. The van der Waals surface area contributed by atoms with E-state index in [1.165, 1.54) is 11.9 Å². The molecule has 0 spiro atoms. The molecule has 0 saturated heterocycles. The number of methoxy groups -OCH3 is 1. The first-order chi connectivity index (χ1) is 13.0. The van der Waals surface area contributed by atoms with Crippen LogP contribution in [0.25, 0.3) is 11.0 Å². The minimum atomic E-state index is -0.633. The van der Waals surface area contributed by atoms with E-state index in [-0.39, 0.29) is 29.3 Å². The van der Waals surface area contributed by atoms with Crippen LogP contribution in [0.1, 0.15) is 5.56 Å². The normalized spacial score (nSPS) is 11.0. The number of fused-ring (bicyclic) bond motifs is 1. The molecule has 1 aromatic heterocycles. The van der Waals surface area contributed by atoms with E-state index in [1.807, 2.05) is 12.1 Å². The van der Waals surface area contributed by atoms with Gasteiger partial charge in [-0.3, -0.25) is 14.9 Å². The molecule has 0 aliphatic carbocycles. The summed E-state index contributed by atoms with van der Waals surface area (Å²) in [7, 11) is 1.27. The largest absolute Gasteiger partial charge is 0.504 e. The van der Waals surface area contributed by atoms with Crippen molar-refractivity contribution < 1.29 is 19.6 Å². The third-order valence-corrected chi connectivity index (χ3v) is 3.53. The van der Waals surface area contributed by atoms with E-state index >= 15 is 0 Å². The van der Waals surface area contributed by atoms with E-state index in [1.54, 1.807) is 12.1 Å². The number of hydrazone groups is 1. The molecule has 3 rings (SSSR count). The quantitative estimate of drug-likeness (QED) is 0.377. The maximum Gasteiger partial charge on any atom is 0.274 e. The smallest absolute Gasteiger partial charge is 0.274 e. The van der Waals surface area contributed by atoms with Gasteiger partial charge in [0.15, 0.2) is 11.5 Å². The number of benzene rings is 2. The molecule has 0 fully saturated rings. The van der Waals surface area contributed by atoms with Crippen LogP contribution in [-0.4, -0.2) is 44.3 Å². The zero-order chi connectivity index (χ0) is 19.4. The summed E-state index contributed by atoms with van der Waals surface area (Å²) in [5, 5.41) is 32.9. The lowest BCUT2D eigenvalue weighted by atomic mass is 10.2. The summed E-state index contributed by atoms with van der Waals surface area (Å²) in [6, 6.07) is 9.35. The van der Waals surface area contributed by atoms with Gasteiger partial charge in [0.05, 0.1) is 24.3 Å². The van der Waals surface area contributed by atoms with Gasteiger partial charge in [0.2, 0.25) is 0 Å². The number of nitro groups is 1. The van der Waals surface area contributed by atoms with Gasteiger partial charge in [0, 0.05) is 11.6 Å². The van der Waals surface area contributed by atoms with E-state index in [4.69, 9.17) is 4.74 Å². The summed E-state index contributed by atoms with van der Waals surface area (Å²) >= 11 is 0. The van der Waals surface area contributed by atoms with Crippen LogP contribution in [0.4, 0.5) is 5.69 Å². The van der Waals surface area contributed by atoms with Gasteiger partial charge in [-0.05, 0) is 12.1 Å². The molecule has 2 N–H and O–H groups in total. The summed E-state index contributed by atoms with van der Waals surface area (Å²) in [5.74, 6) is -0.922. The van der Waals surface area contributed by atoms with Gasteiger partial charge in [0.1, 0.15) is 17.6 Å². The number of aromatic nitrogens is 3. The van der Waals surface area contributed by atoms with Gasteiger partial charge < -0.3 is 9.84 Å². The Kier molecular flexibility index (Phi) is 4.92. The minimum Gasteiger partial charge on any atom is -0.504 e. The Morgan fingerprint density at radius 1 is 1.37 bits per heavy atom. The molecule has 11 nitrogen and oxygen atoms in total. The number of hydrogen-bond donors (Lipinski definition) is 2. The van der Waals surface area contributed by atoms with Crippen molar-refractivity contribution in [3.63, 3.8) is 0 Å². The minimum absolute atomic E-state index is 0.0179. The molecule has 3 aromatic rings. The summed E-state index contributed by atoms with van der Waals surface area (Å²) in [6.45, 7) is -0.170. The van der Waals surface area contributed by atoms with Gasteiger partial charge in [-0.2, -0.15) is 20.1 Å². The van der Waals surface area contributed by atoms with Crippen molar-refractivity contribution >= 4 is 28.8 Å². The lowest BCUT2D eigenvalue weighted by molar-refractivity contribution is -0.385. The zero-order valence-corrected chi connectivity index (χ0v) is 14.1. The van der Waals surface area contributed by atoms with Gasteiger partial charge in [0.25, 0.3) is 11.6 Å². The molecule has 0 aliphatic heterocycles. The number of rotatable bonds is 6. The molecule has 2 aromatic carbocycles. The van der Waals surface area contributed by atoms with Gasteiger partial charge in [-0.1, -0.05) is 12.1 Å². The molecule has 1 heterocycles. The third kappa shape index (κ3) is 3.98. The molecule has 0 saturated carbocycles. The molecule has 1 amide bonds. The molecule has 0 atom stereocenters. The van der Waals surface area contributed by atoms with Crippen LogP contribution in [0, 0.1) is 10.1 Å². The molecular weight excluding hydrogens is 356 g/mol. The Morgan fingerprint density at radius 2 is 2.04 bits per heavy atom. The summed E-state index contributed by atoms with van der Waals surface area (Å²) in [4.78, 5) is 23.5. The first-order valence-corrected chi connectivity index (χ1v) is 7.65. The van der Waals surface area contributed by atoms with E-state index in [0.717, 1.165) is 18.3 Å². The second-order valence-corrected chi connectivity index (χ2v) is 5.36. The van der Waals surface area contributed by atoms with Crippen LogP contribution in [0.5, 0.6) is 11.5 Å². The zero-order valence-electron chi connectivity index (χ0n) is 14.1. The maximum atomic E-state index is 11.9. The van der Waals surface area contributed by atoms with Crippen molar-refractivity contribution in [2.45, 2.75) is 6.54 Å². The lowest BCUT2D eigenvalue weighted by Gasteiger charge is -2.06. The monoisotopic (exact) mass is 370 g/mol. The number of hydrogen-bond acceptors (Lipinski definition) is 8. The predicted octanol–water partition coefficient (Wildman–Crippen LogP) is 1.20. The number of phenols is 1. The fraction of sp³-hybridized carbons (Fsp3) is 0.125. The van der Waals surface area contributed by atoms with Crippen LogP contribution in [-0.2, 0) is 11.3 Å². The number of carbonyl (C=O) groups is 1. The number of phenolic OH excluding ortho intramolecular Hbond substituents is 1. The third-order valence-electron chi connectivity index (χ3n) is 3.53. The number of amides is 1. The molecule has 0 unspecified atom stereocenters. The Hall–Kier alpha value is -4.02. The number of carbonyl (C=O) groups excluding carboxylic acids is 1. The Balaban J connectivity index is 1.70. The maximum absolute atomic E-state index is 11.9. The topological polar surface area (TPSA) is 145 Å². The van der Waals surface area contributed by atoms with Crippen LogP contribution in [0.15, 0.2) is 41.5 Å². The average molecular weight is 370 g/mol. The Morgan fingerprint density at radius 3 is 2.63 bits per heavy atom. The summed E-state index contributed by atoms with van der Waals surface area (Å²) < 4.78 is 4.89. The fourth-order valence-electron chi connectivity index (χ4n) is 2.29. The van der Waals surface area contributed by atoms with Gasteiger partial charge in [-0.15, -0.1) is 0 Å². The first-order valence-electron chi connectivity index (χ1n) is 7.65. The molecule has 27 heavy (non-hydrogen) atoms. The second-order valence-electron chi connectivity index (χ2n) is 5.36. The molecule has 11 heteroatoms. The SMILES string of the molecule is COc1cc([N+](=O)[O-])cc(/C=N/NC(=O)Cn2nc3ccccc3n2)c1O. The van der Waals surface area contributed by atoms with Crippen molar-refractivity contribution in [1.29, 1.82) is 0 Å². The standard InChI is InChI=1S/C16H14N6O5/c1-27-14-7-11(22(25)26)6-10(16(14)24)8-17-18-15(23)9-21-19-12-4-2-3-5-13(12)20-21/h2-8,24H,9H2,1H3,(H,18,23)/b17-8+. The Labute approximate surface area is 152 Å². The predicted molar refractivity (Wildman–Crippen MR) is 94.6 cm³/mol. The average Bonchev–Trinajstić information content (AvgIpc) is 3.05. The van der Waals surface area contributed by atoms with E-state index in [2.05, 4.69) is 20.7 Å². The molecule has 138 valence electrons. The van der Waals surface area contributed by atoms with Crippen molar-refractivity contribution in [3.05, 3.63) is 52.1 Å². The Bertz CT molecular complexity index is 1010. The highest BCUT2D eigenvalue weighted by atomic mass is 16.6. The van der Waals surface area contributed by atoms with E-state index in [9.17, 15) is 20.0 Å². The van der Waals surface area contributed by atoms with Crippen molar-refractivity contribution in [3.8, 4) is 11.5 Å². The summed E-state index contributed by atoms with van der Waals surface area (Å²) in [6.07, 6.45) is 1.08. The molecule has 0 radical (unpaired) electrons. The highest BCUT2D eigenvalue weighted by Crippen LogP contribution is 2.33. The highest BCUT2D eigenvalue weighted by molar-refractivity contribution is 5.87. The van der Waals surface area contributed by atoms with E-state index < -0.39 is 10.8 Å². The summed E-state index contributed by atoms with van der Waals surface area (Å²) in [5.41, 5.74) is 3.29. The molecule has 0 bridgehead atoms. The molecular formula is C16H14N6O5. The van der Waals surface area contributed by atoms with Crippen molar-refractivity contribution in [2.75, 3.05) is 7.11 Å². The van der Waals surface area contributed by atoms with Crippen LogP contribution < -0.4 is 10.2 Å². The fourth-order valence-corrected chi connectivity index (χ4v) is 2.29. The van der Waals surface area contributed by atoms with Crippen LogP contribution in [0.2, 0.25) is 0 Å².